The summed E-state index contributed by atoms with van der Waals surface area (Å²) in [6.45, 7) is 1.91. The summed E-state index contributed by atoms with van der Waals surface area (Å²) in [5.74, 6) is 0.244. The van der Waals surface area contributed by atoms with Gasteiger partial charge in [0.1, 0.15) is 5.78 Å². The first-order valence-corrected chi connectivity index (χ1v) is 6.49. The van der Waals surface area contributed by atoms with E-state index < -0.39 is 0 Å². The van der Waals surface area contributed by atoms with Crippen LogP contribution in [-0.4, -0.2) is 11.3 Å². The van der Waals surface area contributed by atoms with Crippen molar-refractivity contribution in [1.82, 2.24) is 0 Å². The van der Waals surface area contributed by atoms with Crippen LogP contribution in [-0.2, 0) is 11.2 Å². The van der Waals surface area contributed by atoms with Crippen LogP contribution in [0.2, 0.25) is 5.02 Å². The smallest absolute Gasteiger partial charge is 0.137 e. The molecule has 1 atom stereocenters. The molecule has 0 bridgehead atoms. The Morgan fingerprint density at radius 1 is 1.41 bits per heavy atom. The number of carbonyl (C=O) groups is 1. The molecule has 2 N–H and O–H groups in total. The standard InChI is InChI=1S/C14H18ClNO/c1-2-13(17)12(14(16)7-8-14)9-10-3-5-11(15)6-4-10/h3-6,12H,2,7-9,16H2,1H3. The van der Waals surface area contributed by atoms with Crippen LogP contribution < -0.4 is 5.73 Å². The van der Waals surface area contributed by atoms with Crippen LogP contribution in [0.25, 0.3) is 0 Å². The zero-order chi connectivity index (χ0) is 12.5. The summed E-state index contributed by atoms with van der Waals surface area (Å²) in [6.07, 6.45) is 3.24. The van der Waals surface area contributed by atoms with E-state index in [0.717, 1.165) is 29.8 Å². The Morgan fingerprint density at radius 3 is 2.47 bits per heavy atom. The minimum absolute atomic E-state index is 0.0336. The largest absolute Gasteiger partial charge is 0.324 e. The summed E-state index contributed by atoms with van der Waals surface area (Å²) in [7, 11) is 0. The van der Waals surface area contributed by atoms with Crippen molar-refractivity contribution in [3.63, 3.8) is 0 Å². The molecule has 0 amide bonds. The maximum atomic E-state index is 12.0. The Labute approximate surface area is 107 Å². The number of Topliss-reactive ketones (excluding diaryl/α,β-unsaturated/α-hetero) is 1. The van der Waals surface area contributed by atoms with Crippen LogP contribution in [0.4, 0.5) is 0 Å². The Balaban J connectivity index is 2.12. The van der Waals surface area contributed by atoms with E-state index in [1.165, 1.54) is 0 Å². The van der Waals surface area contributed by atoms with Crippen LogP contribution >= 0.6 is 11.6 Å². The molecule has 2 nitrogen and oxygen atoms in total. The Kier molecular flexibility index (Phi) is 3.55. The van der Waals surface area contributed by atoms with Crippen LogP contribution in [0.15, 0.2) is 24.3 Å². The SMILES string of the molecule is CCC(=O)C(Cc1ccc(Cl)cc1)C1(N)CC1. The molecule has 0 saturated heterocycles. The molecule has 0 aliphatic heterocycles. The third kappa shape index (κ3) is 2.88. The Hall–Kier alpha value is -0.860. The highest BCUT2D eigenvalue weighted by atomic mass is 35.5. The number of carbonyl (C=O) groups excluding carboxylic acids is 1. The number of ketones is 1. The summed E-state index contributed by atoms with van der Waals surface area (Å²) in [6, 6.07) is 7.68. The van der Waals surface area contributed by atoms with Gasteiger partial charge in [-0.1, -0.05) is 30.7 Å². The summed E-state index contributed by atoms with van der Waals surface area (Å²) >= 11 is 5.85. The van der Waals surface area contributed by atoms with Crippen molar-refractivity contribution in [1.29, 1.82) is 0 Å². The molecule has 3 heteroatoms. The molecule has 1 saturated carbocycles. The molecule has 2 rings (SSSR count). The van der Waals surface area contributed by atoms with Gasteiger partial charge in [-0.2, -0.15) is 0 Å². The van der Waals surface area contributed by atoms with Crippen LogP contribution in [0.1, 0.15) is 31.7 Å². The van der Waals surface area contributed by atoms with E-state index in [-0.39, 0.29) is 17.2 Å². The zero-order valence-electron chi connectivity index (χ0n) is 10.1. The number of halogens is 1. The lowest BCUT2D eigenvalue weighted by Gasteiger charge is -2.21. The van der Waals surface area contributed by atoms with Crippen molar-refractivity contribution < 1.29 is 4.79 Å². The number of benzene rings is 1. The normalized spacial score (nSPS) is 18.8. The lowest BCUT2D eigenvalue weighted by molar-refractivity contribution is -0.123. The van der Waals surface area contributed by atoms with Crippen molar-refractivity contribution in [2.24, 2.45) is 11.7 Å². The van der Waals surface area contributed by atoms with Gasteiger partial charge in [-0.05, 0) is 37.0 Å². The van der Waals surface area contributed by atoms with Gasteiger partial charge < -0.3 is 5.73 Å². The highest BCUT2D eigenvalue weighted by Gasteiger charge is 2.48. The average molecular weight is 252 g/mol. The fourth-order valence-electron chi connectivity index (χ4n) is 2.23. The van der Waals surface area contributed by atoms with Crippen molar-refractivity contribution in [2.75, 3.05) is 0 Å². The minimum atomic E-state index is -0.243. The van der Waals surface area contributed by atoms with E-state index in [9.17, 15) is 4.79 Å². The Bertz CT molecular complexity index is 409. The molecule has 0 radical (unpaired) electrons. The predicted octanol–water partition coefficient (Wildman–Crippen LogP) is 2.97. The first-order valence-electron chi connectivity index (χ1n) is 6.11. The second kappa shape index (κ2) is 4.79. The molecule has 0 spiro atoms. The maximum absolute atomic E-state index is 12.0. The molecule has 17 heavy (non-hydrogen) atoms. The molecule has 1 aromatic rings. The van der Waals surface area contributed by atoms with E-state index in [2.05, 4.69) is 0 Å². The van der Waals surface area contributed by atoms with Crippen LogP contribution in [0.5, 0.6) is 0 Å². The molecule has 1 aliphatic rings. The third-order valence-electron chi connectivity index (χ3n) is 3.61. The first-order chi connectivity index (χ1) is 8.05. The molecule has 1 fully saturated rings. The summed E-state index contributed by atoms with van der Waals surface area (Å²) < 4.78 is 0. The molecular formula is C14H18ClNO. The quantitative estimate of drug-likeness (QED) is 0.874. The molecule has 1 unspecified atom stereocenters. The first kappa shape index (κ1) is 12.6. The van der Waals surface area contributed by atoms with Gasteiger partial charge in [0.2, 0.25) is 0 Å². The predicted molar refractivity (Wildman–Crippen MR) is 70.1 cm³/mol. The highest BCUT2D eigenvalue weighted by Crippen LogP contribution is 2.42. The van der Waals surface area contributed by atoms with E-state index in [1.54, 1.807) is 0 Å². The van der Waals surface area contributed by atoms with E-state index >= 15 is 0 Å². The minimum Gasteiger partial charge on any atom is -0.324 e. The second-order valence-electron chi connectivity index (χ2n) is 4.94. The number of hydrogen-bond donors (Lipinski definition) is 1. The van der Waals surface area contributed by atoms with Gasteiger partial charge in [0.15, 0.2) is 0 Å². The van der Waals surface area contributed by atoms with Crippen molar-refractivity contribution in [2.45, 2.75) is 38.1 Å². The molecule has 92 valence electrons. The van der Waals surface area contributed by atoms with Crippen LogP contribution in [0, 0.1) is 5.92 Å². The van der Waals surface area contributed by atoms with Gasteiger partial charge >= 0.3 is 0 Å². The average Bonchev–Trinajstić information content (AvgIpc) is 3.06. The number of hydrogen-bond acceptors (Lipinski definition) is 2. The fourth-order valence-corrected chi connectivity index (χ4v) is 2.36. The molecule has 1 aromatic carbocycles. The Morgan fingerprint density at radius 2 is 2.00 bits per heavy atom. The zero-order valence-corrected chi connectivity index (χ0v) is 10.8. The van der Waals surface area contributed by atoms with Gasteiger partial charge in [-0.3, -0.25) is 4.79 Å². The summed E-state index contributed by atoms with van der Waals surface area (Å²) in [5, 5.41) is 0.723. The maximum Gasteiger partial charge on any atom is 0.137 e. The third-order valence-corrected chi connectivity index (χ3v) is 3.86. The molecule has 1 aliphatic carbocycles. The van der Waals surface area contributed by atoms with Gasteiger partial charge in [-0.25, -0.2) is 0 Å². The van der Waals surface area contributed by atoms with Crippen molar-refractivity contribution in [3.8, 4) is 0 Å². The monoisotopic (exact) mass is 251 g/mol. The van der Waals surface area contributed by atoms with Gasteiger partial charge in [0.25, 0.3) is 0 Å². The number of nitrogens with two attached hydrogens (primary N) is 1. The van der Waals surface area contributed by atoms with Crippen molar-refractivity contribution in [3.05, 3.63) is 34.9 Å². The van der Waals surface area contributed by atoms with E-state index in [0.29, 0.717) is 6.42 Å². The summed E-state index contributed by atoms with van der Waals surface area (Å²) in [5.41, 5.74) is 7.09. The van der Waals surface area contributed by atoms with Gasteiger partial charge in [0.05, 0.1) is 0 Å². The molecule has 0 heterocycles. The molecule has 0 aromatic heterocycles. The van der Waals surface area contributed by atoms with Crippen LogP contribution in [0.3, 0.4) is 0 Å². The van der Waals surface area contributed by atoms with E-state index in [4.69, 9.17) is 17.3 Å². The second-order valence-corrected chi connectivity index (χ2v) is 5.37. The lowest BCUT2D eigenvalue weighted by Crippen LogP contribution is -2.39. The highest BCUT2D eigenvalue weighted by molar-refractivity contribution is 6.30. The lowest BCUT2D eigenvalue weighted by atomic mass is 9.86. The molecular weight excluding hydrogens is 234 g/mol. The van der Waals surface area contributed by atoms with Crippen molar-refractivity contribution >= 4 is 17.4 Å². The van der Waals surface area contributed by atoms with Gasteiger partial charge in [-0.15, -0.1) is 0 Å². The number of rotatable bonds is 5. The van der Waals surface area contributed by atoms with Gasteiger partial charge in [0, 0.05) is 22.9 Å². The fraction of sp³-hybridized carbons (Fsp3) is 0.500. The topological polar surface area (TPSA) is 43.1 Å². The summed E-state index contributed by atoms with van der Waals surface area (Å²) in [4.78, 5) is 12.0. The van der Waals surface area contributed by atoms with E-state index in [1.807, 2.05) is 31.2 Å².